The Morgan fingerprint density at radius 3 is 2.59 bits per heavy atom. The lowest BCUT2D eigenvalue weighted by Gasteiger charge is -2.25. The molecule has 1 rings (SSSR count). The highest BCUT2D eigenvalue weighted by atomic mass is 32.1. The second kappa shape index (κ2) is 8.79. The number of nitriles is 1. The standard InChI is InChI=1S/C17H26N2O2S/c1-5-6-7-8-9-19(11-12(2)17(20)21)16-15(10-18)13(3)14(4)22-16/h12H,5-9,11H2,1-4H3,(H,20,21). The molecule has 1 aromatic heterocycles. The zero-order valence-corrected chi connectivity index (χ0v) is 14.8. The molecular weight excluding hydrogens is 296 g/mol. The van der Waals surface area contributed by atoms with Crippen molar-refractivity contribution >= 4 is 22.3 Å². The van der Waals surface area contributed by atoms with Gasteiger partial charge in [-0.25, -0.2) is 0 Å². The Morgan fingerprint density at radius 2 is 2.05 bits per heavy atom. The highest BCUT2D eigenvalue weighted by molar-refractivity contribution is 7.16. The second-order valence-corrected chi connectivity index (χ2v) is 7.02. The zero-order valence-electron chi connectivity index (χ0n) is 14.0. The van der Waals surface area contributed by atoms with Crippen LogP contribution in [0.1, 0.15) is 55.5 Å². The number of hydrogen-bond donors (Lipinski definition) is 1. The Labute approximate surface area is 137 Å². The molecule has 0 aromatic carbocycles. The molecule has 5 heteroatoms. The van der Waals surface area contributed by atoms with Gasteiger partial charge in [0.1, 0.15) is 11.1 Å². The molecule has 0 aliphatic rings. The van der Waals surface area contributed by atoms with Crippen LogP contribution in [0.4, 0.5) is 5.00 Å². The third-order valence-electron chi connectivity index (χ3n) is 3.96. The van der Waals surface area contributed by atoms with Gasteiger partial charge >= 0.3 is 5.97 Å². The van der Waals surface area contributed by atoms with Crippen molar-refractivity contribution in [2.45, 2.75) is 53.4 Å². The van der Waals surface area contributed by atoms with Gasteiger partial charge in [0.25, 0.3) is 0 Å². The maximum Gasteiger partial charge on any atom is 0.308 e. The quantitative estimate of drug-likeness (QED) is 0.687. The molecule has 0 fully saturated rings. The fourth-order valence-corrected chi connectivity index (χ4v) is 3.52. The Bertz CT molecular complexity index is 546. The monoisotopic (exact) mass is 322 g/mol. The predicted octanol–water partition coefficient (Wildman–Crippen LogP) is 4.34. The summed E-state index contributed by atoms with van der Waals surface area (Å²) in [5.41, 5.74) is 1.72. The molecule has 0 radical (unpaired) electrons. The Morgan fingerprint density at radius 1 is 1.36 bits per heavy atom. The van der Waals surface area contributed by atoms with Crippen LogP contribution in [0.2, 0.25) is 0 Å². The molecule has 1 aromatic rings. The number of hydrogen-bond acceptors (Lipinski definition) is 4. The number of carbonyl (C=O) groups is 1. The van der Waals surface area contributed by atoms with E-state index < -0.39 is 11.9 Å². The van der Waals surface area contributed by atoms with E-state index in [2.05, 4.69) is 17.9 Å². The van der Waals surface area contributed by atoms with Crippen molar-refractivity contribution in [1.82, 2.24) is 0 Å². The first-order valence-electron chi connectivity index (χ1n) is 7.90. The molecule has 0 saturated carbocycles. The lowest BCUT2D eigenvalue weighted by molar-refractivity contribution is -0.140. The molecule has 22 heavy (non-hydrogen) atoms. The Balaban J connectivity index is 2.96. The normalized spacial score (nSPS) is 12.0. The van der Waals surface area contributed by atoms with Crippen LogP contribution >= 0.6 is 11.3 Å². The van der Waals surface area contributed by atoms with E-state index in [1.54, 1.807) is 18.3 Å². The molecule has 1 atom stereocenters. The van der Waals surface area contributed by atoms with Crippen LogP contribution in [-0.4, -0.2) is 24.2 Å². The maximum absolute atomic E-state index is 11.2. The molecule has 0 aliphatic carbocycles. The van der Waals surface area contributed by atoms with Gasteiger partial charge in [-0.3, -0.25) is 4.79 Å². The van der Waals surface area contributed by atoms with E-state index in [1.807, 2.05) is 13.8 Å². The van der Waals surface area contributed by atoms with Crippen molar-refractivity contribution < 1.29 is 9.90 Å². The average Bonchev–Trinajstić information content (AvgIpc) is 2.77. The first kappa shape index (κ1) is 18.5. The van der Waals surface area contributed by atoms with E-state index in [0.717, 1.165) is 34.8 Å². The number of carboxylic acids is 1. The van der Waals surface area contributed by atoms with Crippen molar-refractivity contribution in [3.63, 3.8) is 0 Å². The van der Waals surface area contributed by atoms with E-state index in [1.165, 1.54) is 12.8 Å². The van der Waals surface area contributed by atoms with Crippen LogP contribution in [0, 0.1) is 31.1 Å². The molecular formula is C17H26N2O2S. The van der Waals surface area contributed by atoms with Crippen LogP contribution in [0.25, 0.3) is 0 Å². The van der Waals surface area contributed by atoms with E-state index in [-0.39, 0.29) is 0 Å². The number of unbranched alkanes of at least 4 members (excludes halogenated alkanes) is 3. The summed E-state index contributed by atoms with van der Waals surface area (Å²) in [6.07, 6.45) is 4.53. The highest BCUT2D eigenvalue weighted by Crippen LogP contribution is 2.35. The molecule has 1 unspecified atom stereocenters. The van der Waals surface area contributed by atoms with Crippen LogP contribution < -0.4 is 4.90 Å². The van der Waals surface area contributed by atoms with E-state index in [0.29, 0.717) is 12.1 Å². The van der Waals surface area contributed by atoms with Crippen molar-refractivity contribution in [1.29, 1.82) is 5.26 Å². The van der Waals surface area contributed by atoms with Gasteiger partial charge in [-0.2, -0.15) is 5.26 Å². The summed E-state index contributed by atoms with van der Waals surface area (Å²) in [4.78, 5) is 14.4. The summed E-state index contributed by atoms with van der Waals surface area (Å²) in [6.45, 7) is 9.13. The van der Waals surface area contributed by atoms with Crippen molar-refractivity contribution in [3.05, 3.63) is 16.0 Å². The molecule has 1 heterocycles. The number of aryl methyl sites for hydroxylation is 1. The fourth-order valence-electron chi connectivity index (χ4n) is 2.38. The SMILES string of the molecule is CCCCCCN(CC(C)C(=O)O)c1sc(C)c(C)c1C#N. The number of nitrogens with zero attached hydrogens (tertiary/aromatic N) is 2. The molecule has 122 valence electrons. The number of anilines is 1. The average molecular weight is 322 g/mol. The second-order valence-electron chi connectivity index (χ2n) is 5.82. The van der Waals surface area contributed by atoms with Crippen LogP contribution in [0.15, 0.2) is 0 Å². The summed E-state index contributed by atoms with van der Waals surface area (Å²) >= 11 is 1.60. The Kier molecular flexibility index (Phi) is 7.40. The van der Waals surface area contributed by atoms with Gasteiger partial charge < -0.3 is 10.0 Å². The minimum absolute atomic E-state index is 0.444. The number of carboxylic acid groups (broad SMARTS) is 1. The van der Waals surface area contributed by atoms with Crippen molar-refractivity contribution in [3.8, 4) is 6.07 Å². The van der Waals surface area contributed by atoms with E-state index in [9.17, 15) is 15.2 Å². The minimum Gasteiger partial charge on any atom is -0.481 e. The summed E-state index contributed by atoms with van der Waals surface area (Å²) in [5, 5.41) is 19.5. The van der Waals surface area contributed by atoms with Gasteiger partial charge in [0.05, 0.1) is 11.5 Å². The lowest BCUT2D eigenvalue weighted by Crippen LogP contribution is -2.32. The predicted molar refractivity (Wildman–Crippen MR) is 91.7 cm³/mol. The molecule has 0 bridgehead atoms. The summed E-state index contributed by atoms with van der Waals surface area (Å²) in [6, 6.07) is 2.29. The van der Waals surface area contributed by atoms with Gasteiger partial charge in [0.2, 0.25) is 0 Å². The van der Waals surface area contributed by atoms with Crippen molar-refractivity contribution in [2.75, 3.05) is 18.0 Å². The number of rotatable bonds is 9. The maximum atomic E-state index is 11.2. The van der Waals surface area contributed by atoms with Crippen LogP contribution in [-0.2, 0) is 4.79 Å². The summed E-state index contributed by atoms with van der Waals surface area (Å²) < 4.78 is 0. The molecule has 0 aliphatic heterocycles. The first-order chi connectivity index (χ1) is 10.4. The summed E-state index contributed by atoms with van der Waals surface area (Å²) in [7, 11) is 0. The Hall–Kier alpha value is -1.54. The van der Waals surface area contributed by atoms with E-state index in [4.69, 9.17) is 0 Å². The van der Waals surface area contributed by atoms with Crippen LogP contribution in [0.5, 0.6) is 0 Å². The molecule has 4 nitrogen and oxygen atoms in total. The van der Waals surface area contributed by atoms with Crippen LogP contribution in [0.3, 0.4) is 0 Å². The summed E-state index contributed by atoms with van der Waals surface area (Å²) in [5.74, 6) is -1.23. The minimum atomic E-state index is -0.790. The first-order valence-corrected chi connectivity index (χ1v) is 8.71. The van der Waals surface area contributed by atoms with E-state index >= 15 is 0 Å². The molecule has 0 saturated heterocycles. The molecule has 0 spiro atoms. The fraction of sp³-hybridized carbons (Fsp3) is 0.647. The lowest BCUT2D eigenvalue weighted by atomic mass is 10.1. The smallest absolute Gasteiger partial charge is 0.308 e. The number of thiophene rings is 1. The van der Waals surface area contributed by atoms with Crippen molar-refractivity contribution in [2.24, 2.45) is 5.92 Å². The van der Waals surface area contributed by atoms with Gasteiger partial charge in [-0.1, -0.05) is 33.1 Å². The third kappa shape index (κ3) is 4.74. The zero-order chi connectivity index (χ0) is 16.7. The molecule has 1 N–H and O–H groups in total. The molecule has 0 amide bonds. The third-order valence-corrected chi connectivity index (χ3v) is 5.23. The van der Waals surface area contributed by atoms with Gasteiger partial charge in [-0.15, -0.1) is 11.3 Å². The van der Waals surface area contributed by atoms with Gasteiger partial charge in [0.15, 0.2) is 0 Å². The highest BCUT2D eigenvalue weighted by Gasteiger charge is 2.22. The number of aliphatic carboxylic acids is 1. The van der Waals surface area contributed by atoms with Gasteiger partial charge in [0, 0.05) is 18.0 Å². The topological polar surface area (TPSA) is 64.3 Å². The van der Waals surface area contributed by atoms with Gasteiger partial charge in [-0.05, 0) is 25.8 Å². The largest absolute Gasteiger partial charge is 0.481 e.